The van der Waals surface area contributed by atoms with Crippen molar-refractivity contribution in [2.24, 2.45) is 0 Å². The molecular weight excluding hydrogens is 248 g/mol. The predicted molar refractivity (Wildman–Crippen MR) is 85.4 cm³/mol. The van der Waals surface area contributed by atoms with E-state index in [1.54, 1.807) is 0 Å². The third kappa shape index (κ3) is 4.50. The minimum atomic E-state index is 0.413. The van der Waals surface area contributed by atoms with E-state index in [1.165, 1.54) is 37.8 Å². The Balaban J connectivity index is 1.66. The molecule has 1 aliphatic rings. The summed E-state index contributed by atoms with van der Waals surface area (Å²) in [6.45, 7) is 2.16. The minimum Gasteiger partial charge on any atom is -0.380 e. The summed E-state index contributed by atoms with van der Waals surface area (Å²) in [6, 6.07) is 11.1. The third-order valence-electron chi connectivity index (χ3n) is 4.28. The molecule has 112 valence electrons. The van der Waals surface area contributed by atoms with E-state index < -0.39 is 0 Å². The Morgan fingerprint density at radius 3 is 2.70 bits per heavy atom. The van der Waals surface area contributed by atoms with E-state index in [9.17, 15) is 0 Å². The second kappa shape index (κ2) is 8.28. The van der Waals surface area contributed by atoms with Gasteiger partial charge < -0.3 is 15.0 Å². The Labute approximate surface area is 123 Å². The standard InChI is InChI=1S/C17H28N2O/c1-19(15-9-4-3-5-10-15)14-8-13-18-16-11-6-7-12-17(16)20-2/h3-5,9-10,16-18H,6-8,11-14H2,1-2H3. The quantitative estimate of drug-likeness (QED) is 0.775. The van der Waals surface area contributed by atoms with Gasteiger partial charge in [-0.2, -0.15) is 0 Å². The lowest BCUT2D eigenvalue weighted by atomic mass is 9.92. The summed E-state index contributed by atoms with van der Waals surface area (Å²) in [7, 11) is 4.00. The summed E-state index contributed by atoms with van der Waals surface area (Å²) >= 11 is 0. The Hall–Kier alpha value is -1.06. The van der Waals surface area contributed by atoms with Crippen LogP contribution in [-0.2, 0) is 4.74 Å². The van der Waals surface area contributed by atoms with E-state index in [4.69, 9.17) is 4.74 Å². The molecule has 0 heterocycles. The van der Waals surface area contributed by atoms with Crippen molar-refractivity contribution in [2.45, 2.75) is 44.2 Å². The fourth-order valence-electron chi connectivity index (χ4n) is 3.03. The molecular formula is C17H28N2O. The lowest BCUT2D eigenvalue weighted by Gasteiger charge is -2.31. The van der Waals surface area contributed by atoms with Gasteiger partial charge in [0.2, 0.25) is 0 Å². The summed E-state index contributed by atoms with van der Waals surface area (Å²) in [5.41, 5.74) is 1.29. The molecule has 1 saturated carbocycles. The molecule has 0 aliphatic heterocycles. The van der Waals surface area contributed by atoms with Crippen molar-refractivity contribution in [3.05, 3.63) is 30.3 Å². The van der Waals surface area contributed by atoms with Gasteiger partial charge in [-0.3, -0.25) is 0 Å². The maximum Gasteiger partial charge on any atom is 0.0724 e. The van der Waals surface area contributed by atoms with Crippen molar-refractivity contribution in [1.29, 1.82) is 0 Å². The van der Waals surface area contributed by atoms with Gasteiger partial charge in [0.05, 0.1) is 6.10 Å². The second-order valence-corrected chi connectivity index (χ2v) is 5.73. The first-order valence-electron chi connectivity index (χ1n) is 7.83. The van der Waals surface area contributed by atoms with Gasteiger partial charge in [0.25, 0.3) is 0 Å². The zero-order chi connectivity index (χ0) is 14.2. The number of nitrogens with one attached hydrogen (secondary N) is 1. The van der Waals surface area contributed by atoms with E-state index in [-0.39, 0.29) is 0 Å². The molecule has 2 atom stereocenters. The zero-order valence-electron chi connectivity index (χ0n) is 12.8. The van der Waals surface area contributed by atoms with Crippen LogP contribution in [0.15, 0.2) is 30.3 Å². The molecule has 0 bridgehead atoms. The topological polar surface area (TPSA) is 24.5 Å². The summed E-state index contributed by atoms with van der Waals surface area (Å²) in [5, 5.41) is 3.68. The van der Waals surface area contributed by atoms with Crippen molar-refractivity contribution in [1.82, 2.24) is 5.32 Å². The van der Waals surface area contributed by atoms with Crippen LogP contribution in [0.1, 0.15) is 32.1 Å². The van der Waals surface area contributed by atoms with Gasteiger partial charge in [-0.05, 0) is 37.9 Å². The zero-order valence-corrected chi connectivity index (χ0v) is 12.8. The number of para-hydroxylation sites is 1. The van der Waals surface area contributed by atoms with Crippen LogP contribution in [0.4, 0.5) is 5.69 Å². The number of methoxy groups -OCH3 is 1. The van der Waals surface area contributed by atoms with E-state index in [2.05, 4.69) is 47.6 Å². The molecule has 20 heavy (non-hydrogen) atoms. The van der Waals surface area contributed by atoms with Gasteiger partial charge in [0.15, 0.2) is 0 Å². The lowest BCUT2D eigenvalue weighted by molar-refractivity contribution is 0.0420. The van der Waals surface area contributed by atoms with E-state index >= 15 is 0 Å². The Morgan fingerprint density at radius 2 is 1.95 bits per heavy atom. The number of benzene rings is 1. The van der Waals surface area contributed by atoms with Gasteiger partial charge in [0.1, 0.15) is 0 Å². The summed E-state index contributed by atoms with van der Waals surface area (Å²) in [5.74, 6) is 0. The average molecular weight is 276 g/mol. The molecule has 0 amide bonds. The highest BCUT2D eigenvalue weighted by molar-refractivity contribution is 5.44. The Kier molecular flexibility index (Phi) is 6.34. The molecule has 2 unspecified atom stereocenters. The van der Waals surface area contributed by atoms with Crippen LogP contribution in [-0.4, -0.2) is 39.4 Å². The van der Waals surface area contributed by atoms with Crippen molar-refractivity contribution in [2.75, 3.05) is 32.1 Å². The van der Waals surface area contributed by atoms with Crippen molar-refractivity contribution < 1.29 is 4.74 Å². The van der Waals surface area contributed by atoms with Gasteiger partial charge >= 0.3 is 0 Å². The number of anilines is 1. The summed E-state index contributed by atoms with van der Waals surface area (Å²) in [4.78, 5) is 2.32. The SMILES string of the molecule is COC1CCCCC1NCCCN(C)c1ccccc1. The van der Waals surface area contributed by atoms with Crippen molar-refractivity contribution in [3.63, 3.8) is 0 Å². The molecule has 1 aliphatic carbocycles. The van der Waals surface area contributed by atoms with Crippen LogP contribution in [0.25, 0.3) is 0 Å². The maximum absolute atomic E-state index is 5.58. The third-order valence-corrected chi connectivity index (χ3v) is 4.28. The van der Waals surface area contributed by atoms with Crippen LogP contribution in [0, 0.1) is 0 Å². The summed E-state index contributed by atoms with van der Waals surface area (Å²) < 4.78 is 5.58. The first-order chi connectivity index (χ1) is 9.81. The first-order valence-corrected chi connectivity index (χ1v) is 7.83. The number of hydrogen-bond donors (Lipinski definition) is 1. The molecule has 3 nitrogen and oxygen atoms in total. The molecule has 0 aromatic heterocycles. The van der Waals surface area contributed by atoms with E-state index in [0.29, 0.717) is 12.1 Å². The van der Waals surface area contributed by atoms with Crippen LogP contribution >= 0.6 is 0 Å². The van der Waals surface area contributed by atoms with Crippen molar-refractivity contribution >= 4 is 5.69 Å². The van der Waals surface area contributed by atoms with Crippen LogP contribution in [0.5, 0.6) is 0 Å². The highest BCUT2D eigenvalue weighted by Crippen LogP contribution is 2.20. The van der Waals surface area contributed by atoms with E-state index in [1.807, 2.05) is 7.11 Å². The molecule has 0 saturated heterocycles. The monoisotopic (exact) mass is 276 g/mol. The summed E-state index contributed by atoms with van der Waals surface area (Å²) in [6.07, 6.45) is 6.69. The molecule has 0 radical (unpaired) electrons. The van der Waals surface area contributed by atoms with Gasteiger partial charge in [-0.25, -0.2) is 0 Å². The van der Waals surface area contributed by atoms with Crippen molar-refractivity contribution in [3.8, 4) is 0 Å². The molecule has 1 fully saturated rings. The molecule has 1 aromatic rings. The molecule has 2 rings (SSSR count). The molecule has 1 aromatic carbocycles. The maximum atomic E-state index is 5.58. The molecule has 1 N–H and O–H groups in total. The van der Waals surface area contributed by atoms with Gasteiger partial charge in [-0.15, -0.1) is 0 Å². The number of ether oxygens (including phenoxy) is 1. The Morgan fingerprint density at radius 1 is 1.20 bits per heavy atom. The molecule has 3 heteroatoms. The van der Waals surface area contributed by atoms with Crippen LogP contribution in [0.2, 0.25) is 0 Å². The van der Waals surface area contributed by atoms with Crippen LogP contribution in [0.3, 0.4) is 0 Å². The number of hydrogen-bond acceptors (Lipinski definition) is 3. The van der Waals surface area contributed by atoms with E-state index in [0.717, 1.165) is 13.1 Å². The minimum absolute atomic E-state index is 0.413. The molecule has 0 spiro atoms. The fraction of sp³-hybridized carbons (Fsp3) is 0.647. The van der Waals surface area contributed by atoms with Gasteiger partial charge in [-0.1, -0.05) is 31.0 Å². The lowest BCUT2D eigenvalue weighted by Crippen LogP contribution is -2.43. The predicted octanol–water partition coefficient (Wildman–Crippen LogP) is 3.06. The first kappa shape index (κ1) is 15.3. The number of rotatable bonds is 7. The largest absolute Gasteiger partial charge is 0.380 e. The highest BCUT2D eigenvalue weighted by atomic mass is 16.5. The van der Waals surface area contributed by atoms with Gasteiger partial charge in [0, 0.05) is 32.4 Å². The second-order valence-electron chi connectivity index (χ2n) is 5.73. The van der Waals surface area contributed by atoms with Crippen LogP contribution < -0.4 is 10.2 Å². The normalized spacial score (nSPS) is 22.7. The Bertz CT molecular complexity index is 369. The fourth-order valence-corrected chi connectivity index (χ4v) is 3.03. The highest BCUT2D eigenvalue weighted by Gasteiger charge is 2.23. The average Bonchev–Trinajstić information content (AvgIpc) is 2.52. The smallest absolute Gasteiger partial charge is 0.0724 e. The number of nitrogens with zero attached hydrogens (tertiary/aromatic N) is 1.